The Morgan fingerprint density at radius 2 is 1.81 bits per heavy atom. The van der Waals surface area contributed by atoms with Crippen molar-refractivity contribution in [2.75, 3.05) is 5.32 Å². The molecule has 0 bridgehead atoms. The molecule has 1 saturated heterocycles. The zero-order valence-corrected chi connectivity index (χ0v) is 25.8. The number of halogens is 2. The maximum absolute atomic E-state index is 14.6. The molecule has 3 aromatic rings. The van der Waals surface area contributed by atoms with E-state index in [2.05, 4.69) is 45.0 Å². The van der Waals surface area contributed by atoms with Crippen LogP contribution in [0.5, 0.6) is 0 Å². The maximum Gasteiger partial charge on any atom is 0.238 e. The van der Waals surface area contributed by atoms with Crippen molar-refractivity contribution in [2.24, 2.45) is 5.41 Å². The maximum atomic E-state index is 14.6. The van der Waals surface area contributed by atoms with Gasteiger partial charge in [0.15, 0.2) is 0 Å². The molecule has 2 aliphatic heterocycles. The van der Waals surface area contributed by atoms with E-state index in [9.17, 15) is 9.59 Å². The lowest BCUT2D eigenvalue weighted by Crippen LogP contribution is -2.61. The van der Waals surface area contributed by atoms with Crippen molar-refractivity contribution >= 4 is 40.7 Å². The van der Waals surface area contributed by atoms with Gasteiger partial charge in [-0.3, -0.25) is 14.9 Å². The second kappa shape index (κ2) is 10.6. The molecule has 3 atom stereocenters. The number of hydrogen-bond acceptors (Lipinski definition) is 7. The summed E-state index contributed by atoms with van der Waals surface area (Å²) < 4.78 is 5.44. The molecule has 2 saturated carbocycles. The summed E-state index contributed by atoms with van der Waals surface area (Å²) in [5.74, 6) is 0.133. The molecule has 0 radical (unpaired) electrons. The fraction of sp³-hybridized carbons (Fsp3) is 0.531. The molecule has 4 aliphatic rings. The number of nitrogens with one attached hydrogen (secondary N) is 3. The van der Waals surface area contributed by atoms with E-state index in [1.54, 1.807) is 12.3 Å². The zero-order chi connectivity index (χ0) is 30.0. The first kappa shape index (κ1) is 28.7. The van der Waals surface area contributed by atoms with Crippen molar-refractivity contribution in [3.05, 3.63) is 70.1 Å². The van der Waals surface area contributed by atoms with Crippen LogP contribution in [-0.2, 0) is 15.0 Å². The van der Waals surface area contributed by atoms with Gasteiger partial charge in [-0.15, -0.1) is 10.2 Å². The van der Waals surface area contributed by atoms with Gasteiger partial charge in [-0.1, -0.05) is 43.1 Å². The van der Waals surface area contributed by atoms with Crippen LogP contribution in [0.3, 0.4) is 0 Å². The van der Waals surface area contributed by atoms with Gasteiger partial charge < -0.3 is 15.1 Å². The number of amides is 2. The van der Waals surface area contributed by atoms with Gasteiger partial charge in [0.05, 0.1) is 6.04 Å². The topological polar surface area (TPSA) is 122 Å². The van der Waals surface area contributed by atoms with Crippen molar-refractivity contribution in [2.45, 2.75) is 100 Å². The summed E-state index contributed by atoms with van der Waals surface area (Å²) in [5.41, 5.74) is 0.831. The Kier molecular flexibility index (Phi) is 7.06. The number of benzene rings is 1. The molecule has 0 unspecified atom stereocenters. The molecule has 7 rings (SSSR count). The molecule has 3 fully saturated rings. The Bertz CT molecular complexity index is 1540. The number of fused-ring (bicyclic) bond motifs is 3. The van der Waals surface area contributed by atoms with E-state index in [1.807, 2.05) is 24.3 Å². The van der Waals surface area contributed by atoms with Gasteiger partial charge in [-0.25, -0.2) is 4.98 Å². The third-order valence-electron chi connectivity index (χ3n) is 10.6. The Morgan fingerprint density at radius 1 is 1.05 bits per heavy atom. The van der Waals surface area contributed by atoms with Crippen molar-refractivity contribution in [1.29, 1.82) is 0 Å². The highest BCUT2D eigenvalue weighted by atomic mass is 35.5. The monoisotopic (exact) mass is 622 g/mol. The number of anilines is 1. The van der Waals surface area contributed by atoms with Crippen LogP contribution in [-0.4, -0.2) is 44.6 Å². The van der Waals surface area contributed by atoms with Crippen LogP contribution < -0.4 is 16.0 Å². The van der Waals surface area contributed by atoms with Gasteiger partial charge in [0.2, 0.25) is 24.1 Å². The second-order valence-corrected chi connectivity index (χ2v) is 14.4. The average molecular weight is 624 g/mol. The van der Waals surface area contributed by atoms with Crippen LogP contribution in [0.2, 0.25) is 10.2 Å². The van der Waals surface area contributed by atoms with Gasteiger partial charge in [0.25, 0.3) is 0 Å². The molecule has 9 nitrogen and oxygen atoms in total. The lowest BCUT2D eigenvalue weighted by Gasteiger charge is -2.50. The van der Waals surface area contributed by atoms with Crippen molar-refractivity contribution in [3.63, 3.8) is 0 Å². The summed E-state index contributed by atoms with van der Waals surface area (Å²) in [6, 6.07) is 8.66. The molecule has 2 amide bonds. The van der Waals surface area contributed by atoms with Gasteiger partial charge in [-0.2, -0.15) is 0 Å². The van der Waals surface area contributed by atoms with Crippen LogP contribution in [0.1, 0.15) is 94.1 Å². The minimum Gasteiger partial charge on any atom is -0.428 e. The third kappa shape index (κ3) is 4.66. The van der Waals surface area contributed by atoms with Gasteiger partial charge in [0.1, 0.15) is 10.6 Å². The predicted octanol–water partition coefficient (Wildman–Crippen LogP) is 5.90. The number of carbonyl (C=O) groups is 2. The van der Waals surface area contributed by atoms with E-state index in [0.29, 0.717) is 21.8 Å². The number of pyridine rings is 1. The molecule has 11 heteroatoms. The van der Waals surface area contributed by atoms with E-state index in [4.69, 9.17) is 27.6 Å². The summed E-state index contributed by atoms with van der Waals surface area (Å²) in [7, 11) is 0. The van der Waals surface area contributed by atoms with Crippen LogP contribution >= 0.6 is 23.2 Å². The van der Waals surface area contributed by atoms with Gasteiger partial charge >= 0.3 is 0 Å². The highest BCUT2D eigenvalue weighted by Crippen LogP contribution is 2.63. The standard InChI is InChI=1S/C32H36Cl2N6O3/c1-30(2)10-12-31(13-11-30)32(22-8-5-20(33)16-23(22)38-29(32)42)25(19-9-14-35-24(34)15-19)26(39-31)27(41)37-21-6-3-18(4-7-21)28-40-36-17-43-28/h5,8-9,14-18,21,25-26,39H,3-4,6-7,10-13H2,1-2H3,(H,37,41)(H,38,42)/t18-,21-,25-,26+,32+/m0/s1. The quantitative estimate of drug-likeness (QED) is 0.310. The summed E-state index contributed by atoms with van der Waals surface area (Å²) in [5, 5.41) is 19.2. The number of nitrogens with zero attached hydrogens (tertiary/aromatic N) is 3. The molecule has 2 spiro atoms. The highest BCUT2D eigenvalue weighted by Gasteiger charge is 2.72. The molecule has 226 valence electrons. The molecule has 3 N–H and O–H groups in total. The van der Waals surface area contributed by atoms with Gasteiger partial charge in [0, 0.05) is 40.3 Å². The first-order valence-corrected chi connectivity index (χ1v) is 15.9. The van der Waals surface area contributed by atoms with Crippen molar-refractivity contribution < 1.29 is 14.0 Å². The predicted molar refractivity (Wildman–Crippen MR) is 163 cm³/mol. The number of rotatable bonds is 4. The van der Waals surface area contributed by atoms with E-state index in [0.717, 1.165) is 62.5 Å². The van der Waals surface area contributed by atoms with E-state index >= 15 is 0 Å². The Morgan fingerprint density at radius 3 is 2.51 bits per heavy atom. The van der Waals surface area contributed by atoms with Crippen LogP contribution in [0.15, 0.2) is 47.3 Å². The van der Waals surface area contributed by atoms with E-state index in [1.165, 1.54) is 6.39 Å². The van der Waals surface area contributed by atoms with Crippen LogP contribution in [0.25, 0.3) is 0 Å². The molecule has 43 heavy (non-hydrogen) atoms. The van der Waals surface area contributed by atoms with E-state index < -0.39 is 22.9 Å². The Balaban J connectivity index is 1.29. The molecule has 1 aromatic carbocycles. The Hall–Kier alpha value is -3.01. The largest absolute Gasteiger partial charge is 0.428 e. The fourth-order valence-electron chi connectivity index (χ4n) is 8.43. The van der Waals surface area contributed by atoms with Crippen molar-refractivity contribution in [3.8, 4) is 0 Å². The molecular weight excluding hydrogens is 587 g/mol. The average Bonchev–Trinajstić information content (AvgIpc) is 3.68. The number of carbonyl (C=O) groups excluding carboxylic acids is 2. The summed E-state index contributed by atoms with van der Waals surface area (Å²) in [6.45, 7) is 4.55. The lowest BCUT2D eigenvalue weighted by molar-refractivity contribution is -0.125. The third-order valence-corrected chi connectivity index (χ3v) is 11.1. The normalized spacial score (nSPS) is 30.7. The minimum atomic E-state index is -1.05. The first-order valence-electron chi connectivity index (χ1n) is 15.2. The number of hydrogen-bond donors (Lipinski definition) is 3. The summed E-state index contributed by atoms with van der Waals surface area (Å²) in [4.78, 5) is 33.3. The minimum absolute atomic E-state index is 0.0106. The molecule has 2 aliphatic carbocycles. The smallest absolute Gasteiger partial charge is 0.238 e. The van der Waals surface area contributed by atoms with Crippen molar-refractivity contribution in [1.82, 2.24) is 25.8 Å². The molecule has 2 aromatic heterocycles. The van der Waals surface area contributed by atoms with Crippen LogP contribution in [0, 0.1) is 5.41 Å². The fourth-order valence-corrected chi connectivity index (χ4v) is 8.79. The molecular formula is C32H36Cl2N6O3. The lowest BCUT2D eigenvalue weighted by atomic mass is 9.53. The first-order chi connectivity index (χ1) is 20.6. The second-order valence-electron chi connectivity index (χ2n) is 13.5. The highest BCUT2D eigenvalue weighted by molar-refractivity contribution is 6.31. The van der Waals surface area contributed by atoms with Crippen LogP contribution in [0.4, 0.5) is 5.69 Å². The van der Waals surface area contributed by atoms with E-state index in [-0.39, 0.29) is 29.2 Å². The molecule has 4 heterocycles. The summed E-state index contributed by atoms with van der Waals surface area (Å²) in [6.07, 6.45) is 9.71. The zero-order valence-electron chi connectivity index (χ0n) is 24.3. The SMILES string of the molecule is CC1(C)CCC2(CC1)N[C@@H](C(=O)N[C@H]1CC[C@H](c3nnco3)CC1)[C@H](c1ccnc(Cl)c1)[C@]21C(=O)Nc2cc(Cl)ccc21. The summed E-state index contributed by atoms with van der Waals surface area (Å²) >= 11 is 12.9. The van der Waals surface area contributed by atoms with Gasteiger partial charge in [-0.05, 0) is 92.2 Å². The number of aromatic nitrogens is 3. The Labute approximate surface area is 260 Å².